The molecule has 0 heterocycles. The number of carbonyl (C=O) groups excluding carboxylic acids is 2. The summed E-state index contributed by atoms with van der Waals surface area (Å²) in [4.78, 5) is 34.7. The maximum absolute atomic E-state index is 12.5. The standard InChI is InChI=1S/C41H72NO8P/c1-3-5-7-9-11-13-15-16-17-18-19-20-21-22-24-26-28-30-32-34-41(44)50-39(38-49-51(45,46)48-36-35-42)37-47-40(43)33-31-29-27-25-23-14-12-10-8-6-4-2/h11,13,16-17,19-20,22,24,28,30,39H,3-10,12,14-15,18,21,23,25-27,29,31-38,42H2,1-2H3,(H,45,46)/t39-/m1/s1. The van der Waals surface area contributed by atoms with E-state index < -0.39 is 32.5 Å². The second kappa shape index (κ2) is 37.5. The molecule has 0 aliphatic heterocycles. The summed E-state index contributed by atoms with van der Waals surface area (Å²) in [7, 11) is -4.39. The maximum atomic E-state index is 12.5. The smallest absolute Gasteiger partial charge is 0.462 e. The SMILES string of the molecule is CCCCCC=CCC=CCC=CCC=CCC=CCCC(=O)O[C@H](COC(=O)CCCCCCCCCCCCC)COP(=O)(O)OCCN. The van der Waals surface area contributed by atoms with Gasteiger partial charge in [0.25, 0.3) is 0 Å². The van der Waals surface area contributed by atoms with E-state index in [-0.39, 0.29) is 32.6 Å². The third kappa shape index (κ3) is 37.3. The number of carbonyl (C=O) groups is 2. The molecule has 0 rings (SSSR count). The van der Waals surface area contributed by atoms with Gasteiger partial charge in [-0.2, -0.15) is 0 Å². The lowest BCUT2D eigenvalue weighted by Crippen LogP contribution is -2.29. The number of unbranched alkanes of at least 4 members (excludes halogenated alkanes) is 13. The molecule has 0 spiro atoms. The topological polar surface area (TPSA) is 134 Å². The Bertz CT molecular complexity index is 1020. The molecule has 0 radical (unpaired) electrons. The number of allylic oxidation sites excluding steroid dienone is 10. The van der Waals surface area contributed by atoms with Crippen molar-refractivity contribution in [3.8, 4) is 0 Å². The van der Waals surface area contributed by atoms with Gasteiger partial charge >= 0.3 is 19.8 Å². The van der Waals surface area contributed by atoms with Crippen molar-refractivity contribution in [2.24, 2.45) is 5.73 Å². The molecule has 1 unspecified atom stereocenters. The molecule has 0 fully saturated rings. The van der Waals surface area contributed by atoms with Gasteiger partial charge in [-0.3, -0.25) is 18.6 Å². The first-order valence-corrected chi connectivity index (χ1v) is 21.3. The Morgan fingerprint density at radius 3 is 1.59 bits per heavy atom. The predicted molar refractivity (Wildman–Crippen MR) is 210 cm³/mol. The normalized spacial score (nSPS) is 14.0. The molecule has 10 heteroatoms. The van der Waals surface area contributed by atoms with Crippen molar-refractivity contribution >= 4 is 19.8 Å². The third-order valence-electron chi connectivity index (χ3n) is 7.92. The number of ether oxygens (including phenoxy) is 2. The van der Waals surface area contributed by atoms with E-state index in [9.17, 15) is 19.0 Å². The van der Waals surface area contributed by atoms with Crippen molar-refractivity contribution in [1.82, 2.24) is 0 Å². The molecule has 2 atom stereocenters. The van der Waals surface area contributed by atoms with Crippen LogP contribution in [0.15, 0.2) is 60.8 Å². The van der Waals surface area contributed by atoms with Crippen molar-refractivity contribution in [2.75, 3.05) is 26.4 Å². The van der Waals surface area contributed by atoms with Crippen LogP contribution in [-0.4, -0.2) is 49.3 Å². The van der Waals surface area contributed by atoms with E-state index in [0.717, 1.165) is 44.9 Å². The fraction of sp³-hybridized carbons (Fsp3) is 0.707. The number of rotatable bonds is 36. The van der Waals surface area contributed by atoms with Gasteiger partial charge in [0.05, 0.1) is 13.2 Å². The van der Waals surface area contributed by atoms with E-state index in [1.807, 2.05) is 12.2 Å². The van der Waals surface area contributed by atoms with E-state index in [0.29, 0.717) is 6.42 Å². The molecule has 0 amide bonds. The zero-order valence-corrected chi connectivity index (χ0v) is 33.0. The van der Waals surface area contributed by atoms with Gasteiger partial charge in [-0.15, -0.1) is 0 Å². The summed E-state index contributed by atoms with van der Waals surface area (Å²) in [5, 5.41) is 0. The zero-order chi connectivity index (χ0) is 37.5. The number of phosphoric acid groups is 1. The van der Waals surface area contributed by atoms with Crippen LogP contribution in [0.5, 0.6) is 0 Å². The Morgan fingerprint density at radius 2 is 1.06 bits per heavy atom. The molecule has 9 nitrogen and oxygen atoms in total. The molecular weight excluding hydrogens is 665 g/mol. The van der Waals surface area contributed by atoms with Crippen LogP contribution < -0.4 is 5.73 Å². The predicted octanol–water partition coefficient (Wildman–Crippen LogP) is 10.9. The molecule has 0 saturated heterocycles. The van der Waals surface area contributed by atoms with Crippen molar-refractivity contribution < 1.29 is 37.6 Å². The molecule has 51 heavy (non-hydrogen) atoms. The van der Waals surface area contributed by atoms with Crippen molar-refractivity contribution in [2.45, 2.75) is 161 Å². The second-order valence-corrected chi connectivity index (χ2v) is 14.3. The lowest BCUT2D eigenvalue weighted by atomic mass is 10.1. The quantitative estimate of drug-likeness (QED) is 0.0279. The largest absolute Gasteiger partial charge is 0.472 e. The highest BCUT2D eigenvalue weighted by atomic mass is 31.2. The number of nitrogens with two attached hydrogens (primary N) is 1. The zero-order valence-electron chi connectivity index (χ0n) is 32.1. The minimum absolute atomic E-state index is 0.0406. The third-order valence-corrected chi connectivity index (χ3v) is 8.90. The first-order chi connectivity index (χ1) is 24.8. The molecule has 0 bridgehead atoms. The van der Waals surface area contributed by atoms with Crippen LogP contribution in [0.2, 0.25) is 0 Å². The highest BCUT2D eigenvalue weighted by Crippen LogP contribution is 2.43. The number of hydrogen-bond acceptors (Lipinski definition) is 8. The van der Waals surface area contributed by atoms with E-state index in [4.69, 9.17) is 24.3 Å². The van der Waals surface area contributed by atoms with Crippen LogP contribution in [0.4, 0.5) is 0 Å². The number of esters is 2. The summed E-state index contributed by atoms with van der Waals surface area (Å²) in [6.07, 6.45) is 42.7. The molecule has 0 aromatic carbocycles. The minimum Gasteiger partial charge on any atom is -0.462 e. The maximum Gasteiger partial charge on any atom is 0.472 e. The highest BCUT2D eigenvalue weighted by Gasteiger charge is 2.25. The summed E-state index contributed by atoms with van der Waals surface area (Å²) < 4.78 is 32.6. The van der Waals surface area contributed by atoms with Gasteiger partial charge in [0.15, 0.2) is 6.10 Å². The van der Waals surface area contributed by atoms with Gasteiger partial charge in [-0.1, -0.05) is 152 Å². The van der Waals surface area contributed by atoms with Crippen molar-refractivity contribution in [3.63, 3.8) is 0 Å². The first kappa shape index (κ1) is 48.7. The Kier molecular flexibility index (Phi) is 35.8. The van der Waals surface area contributed by atoms with Crippen LogP contribution in [-0.2, 0) is 32.7 Å². The molecule has 0 aromatic heterocycles. The molecule has 0 saturated carbocycles. The van der Waals surface area contributed by atoms with Crippen molar-refractivity contribution in [3.05, 3.63) is 60.8 Å². The molecule has 0 aromatic rings. The Hall–Kier alpha value is -2.29. The van der Waals surface area contributed by atoms with Gasteiger partial charge in [0.2, 0.25) is 0 Å². The average Bonchev–Trinajstić information content (AvgIpc) is 3.11. The number of phosphoric ester groups is 1. The lowest BCUT2D eigenvalue weighted by Gasteiger charge is -2.19. The van der Waals surface area contributed by atoms with Crippen LogP contribution in [0.1, 0.15) is 155 Å². The summed E-state index contributed by atoms with van der Waals surface area (Å²) >= 11 is 0. The van der Waals surface area contributed by atoms with Gasteiger partial charge in [0.1, 0.15) is 6.61 Å². The van der Waals surface area contributed by atoms with E-state index in [1.165, 1.54) is 77.0 Å². The fourth-order valence-corrected chi connectivity index (χ4v) is 5.73. The summed E-state index contributed by atoms with van der Waals surface area (Å²) in [6.45, 7) is 3.59. The fourth-order valence-electron chi connectivity index (χ4n) is 4.97. The van der Waals surface area contributed by atoms with Gasteiger partial charge in [-0.25, -0.2) is 4.57 Å². The van der Waals surface area contributed by atoms with Crippen LogP contribution in [0.25, 0.3) is 0 Å². The summed E-state index contributed by atoms with van der Waals surface area (Å²) in [6, 6.07) is 0. The van der Waals surface area contributed by atoms with Gasteiger partial charge < -0.3 is 20.1 Å². The Balaban J connectivity index is 4.35. The van der Waals surface area contributed by atoms with Gasteiger partial charge in [-0.05, 0) is 51.4 Å². The molecule has 0 aliphatic carbocycles. The highest BCUT2D eigenvalue weighted by molar-refractivity contribution is 7.47. The van der Waals surface area contributed by atoms with E-state index in [2.05, 4.69) is 62.5 Å². The average molecular weight is 738 g/mol. The van der Waals surface area contributed by atoms with Crippen LogP contribution in [0.3, 0.4) is 0 Å². The lowest BCUT2D eigenvalue weighted by molar-refractivity contribution is -0.161. The monoisotopic (exact) mass is 737 g/mol. The number of hydrogen-bond donors (Lipinski definition) is 2. The first-order valence-electron chi connectivity index (χ1n) is 19.8. The van der Waals surface area contributed by atoms with E-state index in [1.54, 1.807) is 0 Å². The Morgan fingerprint density at radius 1 is 0.588 bits per heavy atom. The summed E-state index contributed by atoms with van der Waals surface area (Å²) in [5.41, 5.74) is 5.33. The Labute approximate surface area is 310 Å². The van der Waals surface area contributed by atoms with Crippen molar-refractivity contribution in [1.29, 1.82) is 0 Å². The molecule has 0 aliphatic rings. The molecule has 294 valence electrons. The summed E-state index contributed by atoms with van der Waals surface area (Å²) in [5.74, 6) is -0.929. The molecular formula is C41H72NO8P. The van der Waals surface area contributed by atoms with E-state index >= 15 is 0 Å². The minimum atomic E-state index is -4.39. The van der Waals surface area contributed by atoms with Crippen LogP contribution >= 0.6 is 7.82 Å². The van der Waals surface area contributed by atoms with Gasteiger partial charge in [0, 0.05) is 19.4 Å². The van der Waals surface area contributed by atoms with Crippen LogP contribution in [0, 0.1) is 0 Å². The second-order valence-electron chi connectivity index (χ2n) is 12.8. The molecule has 3 N–H and O–H groups in total.